The van der Waals surface area contributed by atoms with E-state index in [1.807, 2.05) is 66.7 Å². The molecule has 5 aromatic heterocycles. The molecule has 0 spiro atoms. The molecule has 6 N–H and O–H groups in total. The van der Waals surface area contributed by atoms with Gasteiger partial charge in [0.15, 0.2) is 11.6 Å². The molecule has 13 aromatic rings. The highest BCUT2D eigenvalue weighted by Crippen LogP contribution is 2.37. The molecule has 3 amide bonds. The predicted octanol–water partition coefficient (Wildman–Crippen LogP) is 17.9. The molecular formula is C97H87Cl2F5N18O8. The van der Waals surface area contributed by atoms with E-state index < -0.39 is 17.7 Å². The highest BCUT2D eigenvalue weighted by atomic mass is 35.5. The number of anilines is 4. The first-order valence-corrected chi connectivity index (χ1v) is 42.0. The van der Waals surface area contributed by atoms with Gasteiger partial charge in [-0.2, -0.15) is 0 Å². The number of ketones is 2. The van der Waals surface area contributed by atoms with Crippen molar-refractivity contribution in [3.63, 3.8) is 0 Å². The molecule has 9 heterocycles. The first-order valence-electron chi connectivity index (χ1n) is 41.3. The number of Topliss-reactive ketones (excluding diaryl/α,β-unsaturated/α-hetero) is 2. The number of carboxylic acid groups (broad SMARTS) is 1. The molecule has 4 aliphatic heterocycles. The van der Waals surface area contributed by atoms with Crippen molar-refractivity contribution in [1.29, 1.82) is 0 Å². The zero-order chi connectivity index (χ0) is 92.0. The van der Waals surface area contributed by atoms with Gasteiger partial charge in [0, 0.05) is 155 Å². The minimum absolute atomic E-state index is 0.000905. The van der Waals surface area contributed by atoms with Gasteiger partial charge in [0.05, 0.1) is 128 Å². The predicted molar refractivity (Wildman–Crippen MR) is 491 cm³/mol. The van der Waals surface area contributed by atoms with Crippen molar-refractivity contribution >= 4 is 98.3 Å². The van der Waals surface area contributed by atoms with E-state index in [1.165, 1.54) is 99.2 Å². The summed E-state index contributed by atoms with van der Waals surface area (Å²) in [5.41, 5.74) is 17.2. The Kier molecular flexibility index (Phi) is 28.9. The molecule has 662 valence electrons. The van der Waals surface area contributed by atoms with Crippen LogP contribution >= 0.6 is 23.2 Å². The van der Waals surface area contributed by atoms with Crippen LogP contribution in [0.25, 0.3) is 56.5 Å². The fraction of sp³-hybridized carbons (Fsp3) is 0.196. The monoisotopic (exact) mass is 1800 g/mol. The number of halogens is 7. The van der Waals surface area contributed by atoms with Crippen LogP contribution in [-0.2, 0) is 66.6 Å². The van der Waals surface area contributed by atoms with Crippen LogP contribution in [0.2, 0.25) is 10.0 Å². The van der Waals surface area contributed by atoms with Gasteiger partial charge < -0.3 is 64.1 Å². The second-order valence-electron chi connectivity index (χ2n) is 30.9. The van der Waals surface area contributed by atoms with Gasteiger partial charge in [-0.15, -0.1) is 0 Å². The van der Waals surface area contributed by atoms with Gasteiger partial charge in [-0.3, -0.25) is 34.2 Å². The van der Waals surface area contributed by atoms with Crippen molar-refractivity contribution in [1.82, 2.24) is 53.5 Å². The topological polar surface area (TPSA) is 320 Å². The zero-order valence-corrected chi connectivity index (χ0v) is 73.0. The number of amides is 3. The standard InChI is InChI=1S/C25H24ClFN6O.C25H22F2N4O2.C24H22ClFN4O.C23H19FN4O4/c1-32-15-30-23(16-2-4-18(27)5-3-16)24(32)22-12-17(14-29-22)25(34)31-21-7-6-19(13-20(21)26)33-10-8-28-9-11-33;1-15(32)3-4-16-5-10-21(20(27)11-16)30-25(33)18-12-22(28-13-18)24-23(29-14-31(24)2)17-6-8-19(26)9-7-17;1-3-4-15-5-10-20(19(25)11-15)29-24(31)17-12-21(27-13-17)23-22(28-14-30(23)2)16-6-8-18(26)9-7-16;1-28-12-26-20(13-5-7-16(24)8-6-13)21(28)22-25-11-17(27-22)18(29)9-14-3-4-15(23(30)31)10-19(14)32-2/h2-7,13-15,28H,8-12H2,1H3,(H,31,34);5-11,13-14H,3-4,12H2,1-2H3,(H,30,33);5-11,13-14H,3-4,12H2,1-2H3,(H,29,31);3-8,10-12H,9H2,1-2H3,(H,25,27)(H,30,31). The van der Waals surface area contributed by atoms with Gasteiger partial charge in [0.2, 0.25) is 0 Å². The lowest BCUT2D eigenvalue weighted by Crippen LogP contribution is -2.43. The molecule has 4 aliphatic rings. The smallest absolute Gasteiger partial charge is 0.335 e. The number of ether oxygens (including phenoxy) is 1. The third-order valence-corrected chi connectivity index (χ3v) is 22.3. The Balaban J connectivity index is 0.000000140. The minimum atomic E-state index is -1.08. The Hall–Kier alpha value is -15.0. The van der Waals surface area contributed by atoms with E-state index in [9.17, 15) is 50.7 Å². The number of aliphatic imine (C=N–C) groups is 3. The Morgan fingerprint density at radius 3 is 1.30 bits per heavy atom. The summed E-state index contributed by atoms with van der Waals surface area (Å²) in [7, 11) is 8.78. The summed E-state index contributed by atoms with van der Waals surface area (Å²) in [5, 5.41) is 21.8. The SMILES string of the molecule is CC(=O)CCc1ccc(NC(=O)C2=CN=C(c3c(-c4ccc(F)cc4)ncn3C)C2)c(F)c1.CCCc1ccc(NC(=O)C2=CN=C(c3c(-c4ccc(F)cc4)ncn3C)C2)c(Cl)c1.COc1cc(C(=O)O)ccc1CC(=O)c1cnc(-c2c(-c3ccc(F)cc3)ncn2C)[nH]1.Cn1cnc(-c2ccc(F)cc2)c1C1=NC=C(C(=O)Nc2ccc(N3CCNCC3)cc2Cl)C1. The van der Waals surface area contributed by atoms with Crippen molar-refractivity contribution in [3.05, 3.63) is 321 Å². The van der Waals surface area contributed by atoms with Gasteiger partial charge in [-0.25, -0.2) is 51.7 Å². The van der Waals surface area contributed by atoms with Crippen LogP contribution in [0.15, 0.2) is 252 Å². The molecule has 0 aliphatic carbocycles. The number of aromatic nitrogens is 10. The summed E-state index contributed by atoms with van der Waals surface area (Å²) in [4.78, 5) is 114. The molecule has 0 unspecified atom stereocenters. The van der Waals surface area contributed by atoms with Crippen LogP contribution in [0, 0.1) is 29.1 Å². The number of H-pyrrole nitrogens is 1. The summed E-state index contributed by atoms with van der Waals surface area (Å²) in [6, 6.07) is 44.6. The van der Waals surface area contributed by atoms with Crippen LogP contribution in [0.1, 0.15) is 101 Å². The van der Waals surface area contributed by atoms with Gasteiger partial charge >= 0.3 is 5.97 Å². The number of rotatable bonds is 25. The summed E-state index contributed by atoms with van der Waals surface area (Å²) < 4.78 is 80.2. The molecule has 33 heteroatoms. The van der Waals surface area contributed by atoms with E-state index >= 15 is 0 Å². The molecule has 130 heavy (non-hydrogen) atoms. The van der Waals surface area contributed by atoms with Crippen molar-refractivity contribution in [3.8, 4) is 62.3 Å². The first kappa shape index (κ1) is 91.3. The van der Waals surface area contributed by atoms with E-state index in [1.54, 1.807) is 115 Å². The maximum Gasteiger partial charge on any atom is 0.335 e. The molecule has 1 fully saturated rings. The molecule has 0 saturated carbocycles. The second kappa shape index (κ2) is 41.2. The Labute approximate surface area is 753 Å². The number of carbonyl (C=O) groups is 6. The van der Waals surface area contributed by atoms with Crippen LogP contribution in [-0.4, -0.2) is 139 Å². The number of benzene rings is 8. The third-order valence-electron chi connectivity index (χ3n) is 21.7. The highest BCUT2D eigenvalue weighted by molar-refractivity contribution is 6.35. The Morgan fingerprint density at radius 1 is 0.485 bits per heavy atom. The van der Waals surface area contributed by atoms with E-state index in [-0.39, 0.29) is 76.4 Å². The number of aromatic carboxylic acids is 1. The van der Waals surface area contributed by atoms with Gasteiger partial charge in [0.1, 0.15) is 52.0 Å². The molecular weight excluding hydrogens is 1710 g/mol. The molecule has 0 bridgehead atoms. The molecule has 1 saturated heterocycles. The van der Waals surface area contributed by atoms with E-state index in [0.29, 0.717) is 121 Å². The van der Waals surface area contributed by atoms with Crippen LogP contribution in [0.5, 0.6) is 5.75 Å². The lowest BCUT2D eigenvalue weighted by molar-refractivity contribution is -0.117. The average molecular weight is 1800 g/mol. The van der Waals surface area contributed by atoms with E-state index in [2.05, 4.69) is 78.0 Å². The summed E-state index contributed by atoms with van der Waals surface area (Å²) >= 11 is 12.8. The Bertz CT molecular complexity index is 6680. The van der Waals surface area contributed by atoms with E-state index in [4.69, 9.17) is 33.0 Å². The number of imidazole rings is 5. The molecule has 17 rings (SSSR count). The van der Waals surface area contributed by atoms with Crippen LogP contribution < -0.4 is 30.9 Å². The molecule has 0 atom stereocenters. The Morgan fingerprint density at radius 2 is 0.892 bits per heavy atom. The number of carboxylic acids is 1. The number of carbonyl (C=O) groups excluding carboxylic acids is 5. The first-order chi connectivity index (χ1) is 62.6. The summed E-state index contributed by atoms with van der Waals surface area (Å²) in [6.07, 6.45) is 16.4. The van der Waals surface area contributed by atoms with Crippen molar-refractivity contribution in [2.24, 2.45) is 43.2 Å². The fourth-order valence-electron chi connectivity index (χ4n) is 14.9. The maximum absolute atomic E-state index is 14.5. The second-order valence-corrected chi connectivity index (χ2v) is 31.7. The average Bonchev–Trinajstić information content (AvgIpc) is 1.65. The number of hydrogen-bond donors (Lipinski definition) is 6. The minimum Gasteiger partial charge on any atom is -0.496 e. The number of piperazine rings is 1. The number of aromatic amines is 1. The third kappa shape index (κ3) is 21.8. The molecule has 0 radical (unpaired) electrons. The highest BCUT2D eigenvalue weighted by Gasteiger charge is 2.30. The number of nitrogens with zero attached hydrogens (tertiary/aromatic N) is 13. The van der Waals surface area contributed by atoms with Crippen molar-refractivity contribution in [2.75, 3.05) is 54.1 Å². The number of hydrogen-bond acceptors (Lipinski definition) is 17. The number of nitrogens with one attached hydrogen (secondary N) is 5. The maximum atomic E-state index is 14.5. The zero-order valence-electron chi connectivity index (χ0n) is 71.5. The summed E-state index contributed by atoms with van der Waals surface area (Å²) in [6.45, 7) is 7.31. The fourth-order valence-corrected chi connectivity index (χ4v) is 15.4. The van der Waals surface area contributed by atoms with Crippen LogP contribution in [0.3, 0.4) is 0 Å². The van der Waals surface area contributed by atoms with Gasteiger partial charge in [0.25, 0.3) is 17.7 Å². The van der Waals surface area contributed by atoms with Crippen molar-refractivity contribution < 1.29 is 60.6 Å². The number of methoxy groups -OCH3 is 1. The van der Waals surface area contributed by atoms with Crippen LogP contribution in [0.4, 0.5) is 44.7 Å². The normalized spacial score (nSPS) is 13.2. The lowest BCUT2D eigenvalue weighted by Gasteiger charge is -2.29. The lowest BCUT2D eigenvalue weighted by atomic mass is 10.0. The quantitative estimate of drug-likeness (QED) is 0.0229. The van der Waals surface area contributed by atoms with E-state index in [0.717, 1.165) is 101 Å². The van der Waals surface area contributed by atoms with Crippen molar-refractivity contribution in [2.45, 2.75) is 65.2 Å². The summed E-state index contributed by atoms with van der Waals surface area (Å²) in [5.74, 6) is -3.31. The largest absolute Gasteiger partial charge is 0.496 e. The molecule has 26 nitrogen and oxygen atoms in total. The van der Waals surface area contributed by atoms with Gasteiger partial charge in [-0.05, 0) is 183 Å². The number of aryl methyl sites for hydroxylation is 6. The molecule has 8 aromatic carbocycles. The van der Waals surface area contributed by atoms with Gasteiger partial charge in [-0.1, -0.05) is 54.7 Å².